The quantitative estimate of drug-likeness (QED) is 0.117. The van der Waals surface area contributed by atoms with Crippen LogP contribution in [0, 0.1) is 5.92 Å². The molecule has 5 atom stereocenters. The third kappa shape index (κ3) is 9.00. The van der Waals surface area contributed by atoms with E-state index < -0.39 is 23.6 Å². The first-order chi connectivity index (χ1) is 17.1. The Morgan fingerprint density at radius 1 is 1.25 bits per heavy atom. The van der Waals surface area contributed by atoms with Crippen molar-refractivity contribution in [1.82, 2.24) is 4.90 Å². The van der Waals surface area contributed by atoms with Crippen LogP contribution in [-0.4, -0.2) is 67.2 Å². The lowest BCUT2D eigenvalue weighted by Gasteiger charge is -2.28. The Labute approximate surface area is 221 Å². The first-order valence-electron chi connectivity index (χ1n) is 13.3. The van der Waals surface area contributed by atoms with E-state index in [1.165, 1.54) is 39.0 Å². The maximum atomic E-state index is 12.9. The summed E-state index contributed by atoms with van der Waals surface area (Å²) in [4.78, 5) is 38.3. The molecule has 2 fully saturated rings. The van der Waals surface area contributed by atoms with Gasteiger partial charge in [0.05, 0.1) is 18.6 Å². The minimum atomic E-state index is -1.06. The normalized spacial score (nSPS) is 26.6. The number of carbonyl (C=O) groups excluding carboxylic acids is 3. The van der Waals surface area contributed by atoms with Crippen LogP contribution in [0.15, 0.2) is 23.3 Å². The van der Waals surface area contributed by atoms with E-state index in [0.29, 0.717) is 24.3 Å². The molecule has 2 aliphatic rings. The number of esters is 1. The molecule has 0 aromatic rings. The molecule has 1 aliphatic heterocycles. The highest BCUT2D eigenvalue weighted by Gasteiger charge is 2.66. The number of ketones is 1. The number of nitrogens with zero attached hydrogens (tertiary/aromatic N) is 1. The number of ether oxygens (including phenoxy) is 3. The number of unbranched alkanes of at least 4 members (excludes halogenated alkanes) is 4. The molecule has 36 heavy (non-hydrogen) atoms. The fourth-order valence-corrected chi connectivity index (χ4v) is 5.15. The number of hydrogen-bond donors (Lipinski definition) is 0. The molecule has 0 radical (unpaired) electrons. The summed E-state index contributed by atoms with van der Waals surface area (Å²) in [7, 11) is 3.46. The fourth-order valence-electron chi connectivity index (χ4n) is 4.81. The maximum Gasteiger partial charge on any atom is 0.302 e. The van der Waals surface area contributed by atoms with Crippen molar-refractivity contribution in [3.05, 3.63) is 23.3 Å². The zero-order valence-electron chi connectivity index (χ0n) is 22.6. The van der Waals surface area contributed by atoms with Crippen molar-refractivity contribution in [2.45, 2.75) is 109 Å². The molecule has 0 aromatic heterocycles. The molecule has 1 saturated heterocycles. The average molecular weight is 526 g/mol. The van der Waals surface area contributed by atoms with Crippen LogP contribution in [0.5, 0.6) is 0 Å². The summed E-state index contributed by atoms with van der Waals surface area (Å²) in [6.07, 6.45) is 14.9. The molecule has 1 amide bonds. The van der Waals surface area contributed by atoms with Crippen molar-refractivity contribution in [1.29, 1.82) is 0 Å². The van der Waals surface area contributed by atoms with Gasteiger partial charge in [-0.15, -0.1) is 0 Å². The third-order valence-electron chi connectivity index (χ3n) is 7.12. The molecule has 1 aliphatic carbocycles. The molecule has 0 N–H and O–H groups in total. The number of allylic oxidation sites excluding steroid dienone is 1. The topological polar surface area (TPSA) is 85.4 Å². The second kappa shape index (κ2) is 14.9. The molecule has 7 nitrogen and oxygen atoms in total. The van der Waals surface area contributed by atoms with Crippen LogP contribution in [0.25, 0.3) is 0 Å². The number of carbonyl (C=O) groups is 3. The van der Waals surface area contributed by atoms with Gasteiger partial charge in [-0.3, -0.25) is 14.4 Å². The smallest absolute Gasteiger partial charge is 0.302 e. The first-order valence-corrected chi connectivity index (χ1v) is 13.7. The molecule has 204 valence electrons. The molecule has 0 unspecified atom stereocenters. The zero-order valence-corrected chi connectivity index (χ0v) is 23.4. The number of methoxy groups -OCH3 is 1. The second-order valence-electron chi connectivity index (χ2n) is 10.1. The van der Waals surface area contributed by atoms with Gasteiger partial charge in [0, 0.05) is 39.0 Å². The Morgan fingerprint density at radius 2 is 1.97 bits per heavy atom. The summed E-state index contributed by atoms with van der Waals surface area (Å²) in [5.41, 5.74) is -1.06. The van der Waals surface area contributed by atoms with Crippen LogP contribution in [0.4, 0.5) is 0 Å². The van der Waals surface area contributed by atoms with Crippen LogP contribution in [-0.2, 0) is 28.6 Å². The van der Waals surface area contributed by atoms with Crippen molar-refractivity contribution in [3.8, 4) is 0 Å². The largest absolute Gasteiger partial charge is 0.462 e. The Morgan fingerprint density at radius 3 is 2.64 bits per heavy atom. The zero-order chi connectivity index (χ0) is 26.7. The van der Waals surface area contributed by atoms with Gasteiger partial charge in [-0.1, -0.05) is 69.7 Å². The van der Waals surface area contributed by atoms with Crippen LogP contribution < -0.4 is 0 Å². The summed E-state index contributed by atoms with van der Waals surface area (Å²) in [5, 5.41) is 0.386. The van der Waals surface area contributed by atoms with Crippen molar-refractivity contribution in [3.63, 3.8) is 0 Å². The summed E-state index contributed by atoms with van der Waals surface area (Å²) in [5.74, 6) is -1.04. The van der Waals surface area contributed by atoms with E-state index in [9.17, 15) is 14.4 Å². The van der Waals surface area contributed by atoms with Gasteiger partial charge in [-0.05, 0) is 25.3 Å². The van der Waals surface area contributed by atoms with Crippen molar-refractivity contribution in [2.24, 2.45) is 5.92 Å². The number of amides is 1. The van der Waals surface area contributed by atoms with Gasteiger partial charge in [0.25, 0.3) is 0 Å². The van der Waals surface area contributed by atoms with E-state index >= 15 is 0 Å². The number of hydrogen-bond acceptors (Lipinski definition) is 6. The third-order valence-corrected chi connectivity index (χ3v) is 7.35. The van der Waals surface area contributed by atoms with Crippen molar-refractivity contribution < 1.29 is 28.6 Å². The first kappa shape index (κ1) is 30.5. The lowest BCUT2D eigenvalue weighted by atomic mass is 9.78. The number of likely N-dealkylation sites (N-methyl/N-ethyl adjacent to an activating group) is 1. The molecule has 0 spiro atoms. The minimum Gasteiger partial charge on any atom is -0.462 e. The number of halogens is 1. The molecule has 8 heteroatoms. The van der Waals surface area contributed by atoms with Gasteiger partial charge in [0.2, 0.25) is 5.91 Å². The van der Waals surface area contributed by atoms with Gasteiger partial charge >= 0.3 is 5.97 Å². The van der Waals surface area contributed by atoms with Crippen LogP contribution in [0.3, 0.4) is 0 Å². The van der Waals surface area contributed by atoms with Crippen LogP contribution >= 0.6 is 11.6 Å². The van der Waals surface area contributed by atoms with E-state index in [1.54, 1.807) is 32.1 Å². The summed E-state index contributed by atoms with van der Waals surface area (Å²) < 4.78 is 16.5. The predicted octanol–water partition coefficient (Wildman–Crippen LogP) is 5.35. The maximum absolute atomic E-state index is 12.9. The summed E-state index contributed by atoms with van der Waals surface area (Å²) in [6, 6.07) is 0. The van der Waals surface area contributed by atoms with Crippen molar-refractivity contribution in [2.75, 3.05) is 20.7 Å². The second-order valence-corrected chi connectivity index (χ2v) is 10.6. The lowest BCUT2D eigenvalue weighted by molar-refractivity contribution is -0.152. The van der Waals surface area contributed by atoms with E-state index in [-0.39, 0.29) is 30.4 Å². The van der Waals surface area contributed by atoms with E-state index in [1.807, 2.05) is 6.08 Å². The molecular formula is C28H44ClNO6. The molecule has 1 heterocycles. The Hall–Kier alpha value is -1.70. The monoisotopic (exact) mass is 525 g/mol. The number of fused-ring (bicyclic) bond motifs is 1. The minimum absolute atomic E-state index is 0.0190. The van der Waals surface area contributed by atoms with Crippen LogP contribution in [0.1, 0.15) is 85.0 Å². The molecule has 2 rings (SSSR count). The highest BCUT2D eigenvalue weighted by atomic mass is 35.5. The SMILES string of the molecule is CCCCCCC[C@@H](C/C=C/CCC(=O)N(C)C/C(Cl)=C\[C@@]12O[C@@H]1C[C@H](OC(C)=O)[C@H](C)C2=O)OC. The molecule has 1 saturated carbocycles. The highest BCUT2D eigenvalue weighted by molar-refractivity contribution is 6.30. The van der Waals surface area contributed by atoms with E-state index in [0.717, 1.165) is 12.8 Å². The Bertz CT molecular complexity index is 812. The van der Waals surface area contributed by atoms with Crippen LogP contribution in [0.2, 0.25) is 0 Å². The van der Waals surface area contributed by atoms with Gasteiger partial charge in [-0.25, -0.2) is 0 Å². The lowest BCUT2D eigenvalue weighted by Crippen LogP contribution is -2.44. The number of Topliss-reactive ketones (excluding diaryl/α,β-unsaturated/α-hetero) is 1. The summed E-state index contributed by atoms with van der Waals surface area (Å²) >= 11 is 6.43. The standard InChI is InChI=1S/C28H44ClNO6/c1-6-7-8-9-11-14-23(34-5)15-12-10-13-16-26(32)30(4)19-22(29)18-28-25(36-28)17-24(35-21(3)31)20(2)27(28)33/h10,12,18,20,23-25H,6-9,11,13-17,19H2,1-5H3/b12-10+,22-18+/t20-,23-,24-,25+,28+/m0/s1. The fraction of sp³-hybridized carbons (Fsp3) is 0.750. The number of rotatable bonds is 16. The molecule has 0 aromatic carbocycles. The molecular weight excluding hydrogens is 482 g/mol. The Balaban J connectivity index is 1.73. The molecule has 0 bridgehead atoms. The van der Waals surface area contributed by atoms with E-state index in [4.69, 9.17) is 25.8 Å². The van der Waals surface area contributed by atoms with Gasteiger partial charge in [-0.2, -0.15) is 0 Å². The van der Waals surface area contributed by atoms with Gasteiger partial charge in [0.1, 0.15) is 12.2 Å². The number of epoxide rings is 1. The highest BCUT2D eigenvalue weighted by Crippen LogP contribution is 2.50. The van der Waals surface area contributed by atoms with Gasteiger partial charge < -0.3 is 19.1 Å². The Kier molecular flexibility index (Phi) is 12.6. The predicted molar refractivity (Wildman–Crippen MR) is 141 cm³/mol. The average Bonchev–Trinajstić information content (AvgIpc) is 3.53. The summed E-state index contributed by atoms with van der Waals surface area (Å²) in [6.45, 7) is 5.50. The van der Waals surface area contributed by atoms with Gasteiger partial charge in [0.15, 0.2) is 11.4 Å². The van der Waals surface area contributed by atoms with E-state index in [2.05, 4.69) is 13.0 Å². The van der Waals surface area contributed by atoms with Crippen molar-refractivity contribution >= 4 is 29.3 Å².